The van der Waals surface area contributed by atoms with Gasteiger partial charge in [-0.3, -0.25) is 9.59 Å². The SMILES string of the molecule is CCCCNC(=O)[C@H](Cc1ccccc1)N(Cc1cccc(Cl)c1)C(=O)COc1ccc(Cl)cc1Cl. The van der Waals surface area contributed by atoms with Crippen molar-refractivity contribution in [3.8, 4) is 5.75 Å². The number of benzene rings is 3. The van der Waals surface area contributed by atoms with E-state index in [0.717, 1.165) is 24.0 Å². The Kier molecular flexibility index (Phi) is 10.9. The molecule has 2 amide bonds. The van der Waals surface area contributed by atoms with E-state index in [1.165, 1.54) is 0 Å². The van der Waals surface area contributed by atoms with E-state index in [2.05, 4.69) is 12.2 Å². The molecule has 0 saturated heterocycles. The van der Waals surface area contributed by atoms with Crippen LogP contribution in [0.1, 0.15) is 30.9 Å². The van der Waals surface area contributed by atoms with Gasteiger partial charge >= 0.3 is 0 Å². The molecule has 0 heterocycles. The molecule has 8 heteroatoms. The summed E-state index contributed by atoms with van der Waals surface area (Å²) in [6, 6.07) is 20.9. The van der Waals surface area contributed by atoms with E-state index in [1.807, 2.05) is 42.5 Å². The van der Waals surface area contributed by atoms with Gasteiger partial charge in [0.2, 0.25) is 5.91 Å². The molecule has 0 aliphatic heterocycles. The minimum atomic E-state index is -0.750. The molecule has 0 aromatic heterocycles. The highest BCUT2D eigenvalue weighted by Crippen LogP contribution is 2.27. The molecule has 0 fully saturated rings. The van der Waals surface area contributed by atoms with E-state index >= 15 is 0 Å². The maximum absolute atomic E-state index is 13.6. The summed E-state index contributed by atoms with van der Waals surface area (Å²) in [6.07, 6.45) is 2.15. The number of carbonyl (C=O) groups is 2. The molecular weight excluding hydrogens is 519 g/mol. The Balaban J connectivity index is 1.89. The monoisotopic (exact) mass is 546 g/mol. The largest absolute Gasteiger partial charge is 0.482 e. The average Bonchev–Trinajstić information content (AvgIpc) is 2.86. The van der Waals surface area contributed by atoms with Crippen molar-refractivity contribution in [2.45, 2.75) is 38.8 Å². The Labute approximate surface area is 227 Å². The molecule has 1 atom stereocenters. The van der Waals surface area contributed by atoms with E-state index in [0.29, 0.717) is 33.8 Å². The number of nitrogens with one attached hydrogen (secondary N) is 1. The van der Waals surface area contributed by atoms with Gasteiger partial charge in [-0.15, -0.1) is 0 Å². The van der Waals surface area contributed by atoms with Crippen molar-refractivity contribution in [3.63, 3.8) is 0 Å². The maximum atomic E-state index is 13.6. The minimum absolute atomic E-state index is 0.190. The van der Waals surface area contributed by atoms with Crippen LogP contribution in [0.3, 0.4) is 0 Å². The van der Waals surface area contributed by atoms with Crippen molar-refractivity contribution >= 4 is 46.6 Å². The molecule has 0 radical (unpaired) electrons. The molecule has 0 unspecified atom stereocenters. The number of unbranched alkanes of at least 4 members (excludes halogenated alkanes) is 1. The topological polar surface area (TPSA) is 58.6 Å². The van der Waals surface area contributed by atoms with Crippen LogP contribution in [0.4, 0.5) is 0 Å². The highest BCUT2D eigenvalue weighted by Gasteiger charge is 2.30. The van der Waals surface area contributed by atoms with E-state index in [9.17, 15) is 9.59 Å². The van der Waals surface area contributed by atoms with Crippen LogP contribution < -0.4 is 10.1 Å². The molecule has 190 valence electrons. The number of carbonyl (C=O) groups excluding carboxylic acids is 2. The zero-order chi connectivity index (χ0) is 25.9. The zero-order valence-corrected chi connectivity index (χ0v) is 22.3. The second-order valence-electron chi connectivity index (χ2n) is 8.37. The number of halogens is 3. The summed E-state index contributed by atoms with van der Waals surface area (Å²) in [5.41, 5.74) is 1.75. The van der Waals surface area contributed by atoms with Gasteiger partial charge in [0.05, 0.1) is 5.02 Å². The Morgan fingerprint density at radius 1 is 0.917 bits per heavy atom. The molecule has 0 aliphatic carbocycles. The van der Waals surface area contributed by atoms with Crippen LogP contribution in [-0.4, -0.2) is 35.9 Å². The number of rotatable bonds is 12. The van der Waals surface area contributed by atoms with Gasteiger partial charge in [0.1, 0.15) is 11.8 Å². The van der Waals surface area contributed by atoms with Crippen LogP contribution in [-0.2, 0) is 22.6 Å². The molecule has 0 bridgehead atoms. The fourth-order valence-corrected chi connectivity index (χ4v) is 4.38. The van der Waals surface area contributed by atoms with Gasteiger partial charge < -0.3 is 15.0 Å². The summed E-state index contributed by atoms with van der Waals surface area (Å²) in [5.74, 6) is -0.232. The Bertz CT molecular complexity index is 1160. The molecule has 1 N–H and O–H groups in total. The summed E-state index contributed by atoms with van der Waals surface area (Å²) in [6.45, 7) is 2.49. The highest BCUT2D eigenvalue weighted by molar-refractivity contribution is 6.35. The van der Waals surface area contributed by atoms with Crippen LogP contribution in [0.15, 0.2) is 72.8 Å². The fraction of sp³-hybridized carbons (Fsp3) is 0.286. The summed E-state index contributed by atoms with van der Waals surface area (Å²) >= 11 is 18.4. The summed E-state index contributed by atoms with van der Waals surface area (Å²) in [5, 5.41) is 4.31. The molecule has 3 rings (SSSR count). The van der Waals surface area contributed by atoms with Crippen molar-refractivity contribution in [1.82, 2.24) is 10.2 Å². The van der Waals surface area contributed by atoms with Crippen molar-refractivity contribution in [1.29, 1.82) is 0 Å². The summed E-state index contributed by atoms with van der Waals surface area (Å²) in [4.78, 5) is 28.5. The Morgan fingerprint density at radius 3 is 2.33 bits per heavy atom. The third-order valence-electron chi connectivity index (χ3n) is 5.59. The zero-order valence-electron chi connectivity index (χ0n) is 20.1. The first-order valence-electron chi connectivity index (χ1n) is 11.8. The summed E-state index contributed by atoms with van der Waals surface area (Å²) < 4.78 is 5.74. The lowest BCUT2D eigenvalue weighted by Crippen LogP contribution is -2.51. The van der Waals surface area contributed by atoms with Gasteiger partial charge in [0, 0.05) is 29.6 Å². The number of ether oxygens (including phenoxy) is 1. The molecule has 0 saturated carbocycles. The normalized spacial score (nSPS) is 11.6. The highest BCUT2D eigenvalue weighted by atomic mass is 35.5. The third kappa shape index (κ3) is 8.44. The van der Waals surface area contributed by atoms with Crippen LogP contribution in [0, 0.1) is 0 Å². The van der Waals surface area contributed by atoms with Gasteiger partial charge in [0.25, 0.3) is 5.91 Å². The van der Waals surface area contributed by atoms with E-state index in [-0.39, 0.29) is 25.0 Å². The first-order valence-corrected chi connectivity index (χ1v) is 12.9. The standard InChI is InChI=1S/C28H29Cl3N2O3/c1-2-3-14-32-28(35)25(16-20-8-5-4-6-9-20)33(18-21-10-7-11-22(29)15-21)27(34)19-36-26-13-12-23(30)17-24(26)31/h4-13,15,17,25H,2-3,14,16,18-19H2,1H3,(H,32,35)/t25-/m0/s1. The maximum Gasteiger partial charge on any atom is 0.261 e. The number of hydrogen-bond acceptors (Lipinski definition) is 3. The van der Waals surface area contributed by atoms with Crippen LogP contribution in [0.25, 0.3) is 0 Å². The van der Waals surface area contributed by atoms with Crippen LogP contribution in [0.5, 0.6) is 5.75 Å². The Hall–Kier alpha value is -2.73. The van der Waals surface area contributed by atoms with E-state index < -0.39 is 6.04 Å². The van der Waals surface area contributed by atoms with Crippen molar-refractivity contribution in [2.24, 2.45) is 0 Å². The lowest BCUT2D eigenvalue weighted by atomic mass is 10.0. The molecule has 3 aromatic rings. The lowest BCUT2D eigenvalue weighted by molar-refractivity contribution is -0.142. The average molecular weight is 548 g/mol. The first-order chi connectivity index (χ1) is 17.4. The summed E-state index contributed by atoms with van der Waals surface area (Å²) in [7, 11) is 0. The number of hydrogen-bond donors (Lipinski definition) is 1. The number of amides is 2. The van der Waals surface area contributed by atoms with Gasteiger partial charge in [0.15, 0.2) is 6.61 Å². The lowest BCUT2D eigenvalue weighted by Gasteiger charge is -2.31. The fourth-order valence-electron chi connectivity index (χ4n) is 3.71. The van der Waals surface area contributed by atoms with Gasteiger partial charge in [-0.25, -0.2) is 0 Å². The molecular formula is C28H29Cl3N2O3. The molecule has 0 aliphatic rings. The number of nitrogens with zero attached hydrogens (tertiary/aromatic N) is 1. The molecule has 0 spiro atoms. The van der Waals surface area contributed by atoms with Gasteiger partial charge in [-0.2, -0.15) is 0 Å². The van der Waals surface area contributed by atoms with Crippen LogP contribution >= 0.6 is 34.8 Å². The van der Waals surface area contributed by atoms with Crippen molar-refractivity contribution in [2.75, 3.05) is 13.2 Å². The molecule has 3 aromatic carbocycles. The van der Waals surface area contributed by atoms with Crippen LogP contribution in [0.2, 0.25) is 15.1 Å². The predicted octanol–water partition coefficient (Wildman–Crippen LogP) is 6.58. The molecule has 5 nitrogen and oxygen atoms in total. The quantitative estimate of drug-likeness (QED) is 0.261. The Morgan fingerprint density at radius 2 is 1.64 bits per heavy atom. The van der Waals surface area contributed by atoms with Gasteiger partial charge in [-0.05, 0) is 47.9 Å². The van der Waals surface area contributed by atoms with Crippen molar-refractivity contribution < 1.29 is 14.3 Å². The predicted molar refractivity (Wildman–Crippen MR) is 146 cm³/mol. The van der Waals surface area contributed by atoms with Crippen molar-refractivity contribution in [3.05, 3.63) is 99.0 Å². The second-order valence-corrected chi connectivity index (χ2v) is 9.65. The van der Waals surface area contributed by atoms with Gasteiger partial charge in [-0.1, -0.05) is 90.6 Å². The minimum Gasteiger partial charge on any atom is -0.482 e. The third-order valence-corrected chi connectivity index (χ3v) is 6.35. The van der Waals surface area contributed by atoms with E-state index in [4.69, 9.17) is 39.5 Å². The second kappa shape index (κ2) is 14.1. The molecule has 36 heavy (non-hydrogen) atoms. The smallest absolute Gasteiger partial charge is 0.261 e. The van der Waals surface area contributed by atoms with E-state index in [1.54, 1.807) is 35.2 Å². The first kappa shape index (κ1) is 27.9.